The van der Waals surface area contributed by atoms with Gasteiger partial charge in [-0.1, -0.05) is 49.6 Å². The van der Waals surface area contributed by atoms with Crippen LogP contribution in [0.4, 0.5) is 0 Å². The first-order valence-electron chi connectivity index (χ1n) is 9.98. The molecule has 0 fully saturated rings. The summed E-state index contributed by atoms with van der Waals surface area (Å²) in [6.45, 7) is 5.90. The lowest BCUT2D eigenvalue weighted by molar-refractivity contribution is 0.0953. The zero-order valence-corrected chi connectivity index (χ0v) is 16.4. The third-order valence-electron chi connectivity index (χ3n) is 4.86. The lowest BCUT2D eigenvalue weighted by Gasteiger charge is -2.10. The molecule has 27 heavy (non-hydrogen) atoms. The first kappa shape index (κ1) is 19.2. The Morgan fingerprint density at radius 1 is 1.07 bits per heavy atom. The summed E-state index contributed by atoms with van der Waals surface area (Å²) in [7, 11) is 0. The lowest BCUT2D eigenvalue weighted by atomic mass is 10.1. The van der Waals surface area contributed by atoms with E-state index >= 15 is 0 Å². The van der Waals surface area contributed by atoms with Gasteiger partial charge in [0.25, 0.3) is 5.91 Å². The normalized spacial score (nSPS) is 11.0. The van der Waals surface area contributed by atoms with Gasteiger partial charge in [-0.05, 0) is 44.0 Å². The summed E-state index contributed by atoms with van der Waals surface area (Å²) in [5.41, 5.74) is 4.10. The highest BCUT2D eigenvalue weighted by atomic mass is 16.1. The van der Waals surface area contributed by atoms with Crippen LogP contribution in [0.5, 0.6) is 0 Å². The molecule has 0 atom stereocenters. The van der Waals surface area contributed by atoms with Gasteiger partial charge in [0.05, 0.1) is 11.0 Å². The predicted molar refractivity (Wildman–Crippen MR) is 111 cm³/mol. The Labute approximate surface area is 161 Å². The van der Waals surface area contributed by atoms with Crippen molar-refractivity contribution < 1.29 is 4.79 Å². The Morgan fingerprint density at radius 2 is 1.93 bits per heavy atom. The van der Waals surface area contributed by atoms with Crippen LogP contribution in [-0.4, -0.2) is 22.0 Å². The molecule has 3 rings (SSSR count). The third-order valence-corrected chi connectivity index (χ3v) is 4.86. The number of hydrogen-bond donors (Lipinski definition) is 1. The zero-order valence-electron chi connectivity index (χ0n) is 16.4. The van der Waals surface area contributed by atoms with Crippen molar-refractivity contribution in [2.45, 2.75) is 52.5 Å². The van der Waals surface area contributed by atoms with Crippen LogP contribution in [0, 0.1) is 6.92 Å². The molecule has 0 radical (unpaired) electrons. The fourth-order valence-electron chi connectivity index (χ4n) is 3.42. The predicted octanol–water partition coefficient (Wildman–Crippen LogP) is 4.90. The van der Waals surface area contributed by atoms with Crippen LogP contribution in [0.1, 0.15) is 54.4 Å². The fourth-order valence-corrected chi connectivity index (χ4v) is 3.42. The summed E-state index contributed by atoms with van der Waals surface area (Å²) in [5, 5.41) is 3.03. The van der Waals surface area contributed by atoms with Crippen molar-refractivity contribution in [3.05, 3.63) is 65.5 Å². The maximum Gasteiger partial charge on any atom is 0.251 e. The highest BCUT2D eigenvalue weighted by molar-refractivity contribution is 5.94. The van der Waals surface area contributed by atoms with Gasteiger partial charge in [-0.25, -0.2) is 4.98 Å². The summed E-state index contributed by atoms with van der Waals surface area (Å²) in [6.07, 6.45) is 5.38. The summed E-state index contributed by atoms with van der Waals surface area (Å²) in [5.74, 6) is 1.12. The van der Waals surface area contributed by atoms with E-state index in [-0.39, 0.29) is 5.91 Å². The molecule has 0 saturated carbocycles. The maximum absolute atomic E-state index is 12.3. The Balaban J connectivity index is 1.59. The van der Waals surface area contributed by atoms with Crippen molar-refractivity contribution in [1.82, 2.24) is 14.9 Å². The number of para-hydroxylation sites is 2. The second kappa shape index (κ2) is 9.36. The first-order chi connectivity index (χ1) is 13.2. The van der Waals surface area contributed by atoms with Crippen LogP contribution in [0.15, 0.2) is 48.5 Å². The molecule has 2 aromatic carbocycles. The molecular weight excluding hydrogens is 334 g/mol. The van der Waals surface area contributed by atoms with Gasteiger partial charge in [-0.3, -0.25) is 4.79 Å². The van der Waals surface area contributed by atoms with Crippen LogP contribution in [-0.2, 0) is 13.0 Å². The van der Waals surface area contributed by atoms with Gasteiger partial charge in [-0.2, -0.15) is 0 Å². The molecule has 1 heterocycles. The number of nitrogens with zero attached hydrogens (tertiary/aromatic N) is 2. The van der Waals surface area contributed by atoms with Crippen LogP contribution in [0.2, 0.25) is 0 Å². The Bertz CT molecular complexity index is 898. The Morgan fingerprint density at radius 3 is 2.74 bits per heavy atom. The molecule has 1 amide bonds. The number of rotatable bonds is 9. The zero-order chi connectivity index (χ0) is 19.1. The number of hydrogen-bond acceptors (Lipinski definition) is 2. The molecule has 0 aliphatic rings. The van der Waals surface area contributed by atoms with Gasteiger partial charge in [0.15, 0.2) is 0 Å². The second-order valence-electron chi connectivity index (χ2n) is 7.10. The van der Waals surface area contributed by atoms with Crippen LogP contribution in [0.3, 0.4) is 0 Å². The first-order valence-corrected chi connectivity index (χ1v) is 9.98. The SMILES string of the molecule is CCCCCn1c(CCCNC(=O)c2cccc(C)c2)nc2ccccc21. The molecular formula is C23H29N3O. The summed E-state index contributed by atoms with van der Waals surface area (Å²) in [6, 6.07) is 16.0. The van der Waals surface area contributed by atoms with E-state index in [9.17, 15) is 4.79 Å². The number of carbonyl (C=O) groups is 1. The summed E-state index contributed by atoms with van der Waals surface area (Å²) < 4.78 is 2.35. The molecule has 1 aromatic heterocycles. The number of aryl methyl sites for hydroxylation is 3. The number of carbonyl (C=O) groups excluding carboxylic acids is 1. The van der Waals surface area contributed by atoms with E-state index in [0.717, 1.165) is 41.9 Å². The van der Waals surface area contributed by atoms with Crippen LogP contribution >= 0.6 is 0 Å². The molecule has 0 aliphatic heterocycles. The summed E-state index contributed by atoms with van der Waals surface area (Å²) in [4.78, 5) is 17.1. The van der Waals surface area contributed by atoms with Crippen molar-refractivity contribution in [3.63, 3.8) is 0 Å². The number of benzene rings is 2. The third kappa shape index (κ3) is 4.97. The quantitative estimate of drug-likeness (QED) is 0.550. The number of imidazole rings is 1. The molecule has 4 nitrogen and oxygen atoms in total. The van der Waals surface area contributed by atoms with E-state index in [0.29, 0.717) is 6.54 Å². The van der Waals surface area contributed by atoms with Gasteiger partial charge >= 0.3 is 0 Å². The number of fused-ring (bicyclic) bond motifs is 1. The Hall–Kier alpha value is -2.62. The topological polar surface area (TPSA) is 46.9 Å². The molecule has 4 heteroatoms. The number of amides is 1. The number of unbranched alkanes of at least 4 members (excludes halogenated alkanes) is 2. The van der Waals surface area contributed by atoms with E-state index in [2.05, 4.69) is 35.0 Å². The minimum absolute atomic E-state index is 0.00449. The van der Waals surface area contributed by atoms with E-state index < -0.39 is 0 Å². The molecule has 0 bridgehead atoms. The highest BCUT2D eigenvalue weighted by Gasteiger charge is 2.10. The molecule has 1 N–H and O–H groups in total. The van der Waals surface area contributed by atoms with Crippen molar-refractivity contribution >= 4 is 16.9 Å². The van der Waals surface area contributed by atoms with E-state index in [1.165, 1.54) is 24.8 Å². The minimum atomic E-state index is -0.00449. The summed E-state index contributed by atoms with van der Waals surface area (Å²) >= 11 is 0. The van der Waals surface area contributed by atoms with Gasteiger partial charge in [-0.15, -0.1) is 0 Å². The van der Waals surface area contributed by atoms with Crippen molar-refractivity contribution in [1.29, 1.82) is 0 Å². The standard InChI is InChI=1S/C23H29N3O/c1-3-4-7-16-26-21-13-6-5-12-20(21)25-22(26)14-9-15-24-23(27)19-11-8-10-18(2)17-19/h5-6,8,10-13,17H,3-4,7,9,14-16H2,1-2H3,(H,24,27). The number of aromatic nitrogens is 2. The average molecular weight is 364 g/mol. The highest BCUT2D eigenvalue weighted by Crippen LogP contribution is 2.18. The fraction of sp³-hybridized carbons (Fsp3) is 0.391. The van der Waals surface area contributed by atoms with Crippen LogP contribution in [0.25, 0.3) is 11.0 Å². The Kier molecular flexibility index (Phi) is 6.64. The van der Waals surface area contributed by atoms with Crippen molar-refractivity contribution in [2.75, 3.05) is 6.54 Å². The second-order valence-corrected chi connectivity index (χ2v) is 7.10. The van der Waals surface area contributed by atoms with Crippen molar-refractivity contribution in [2.24, 2.45) is 0 Å². The molecule has 0 aliphatic carbocycles. The maximum atomic E-state index is 12.3. The van der Waals surface area contributed by atoms with E-state index in [1.807, 2.05) is 37.3 Å². The minimum Gasteiger partial charge on any atom is -0.352 e. The van der Waals surface area contributed by atoms with E-state index in [4.69, 9.17) is 4.98 Å². The van der Waals surface area contributed by atoms with Gasteiger partial charge in [0.2, 0.25) is 0 Å². The average Bonchev–Trinajstić information content (AvgIpc) is 3.03. The largest absolute Gasteiger partial charge is 0.352 e. The molecule has 3 aromatic rings. The van der Waals surface area contributed by atoms with Crippen LogP contribution < -0.4 is 5.32 Å². The lowest BCUT2D eigenvalue weighted by Crippen LogP contribution is -2.25. The molecule has 0 saturated heterocycles. The number of nitrogens with one attached hydrogen (secondary N) is 1. The van der Waals surface area contributed by atoms with Gasteiger partial charge < -0.3 is 9.88 Å². The monoisotopic (exact) mass is 363 g/mol. The van der Waals surface area contributed by atoms with Crippen molar-refractivity contribution in [3.8, 4) is 0 Å². The molecule has 0 unspecified atom stereocenters. The van der Waals surface area contributed by atoms with Gasteiger partial charge in [0, 0.05) is 25.1 Å². The molecule has 0 spiro atoms. The van der Waals surface area contributed by atoms with E-state index in [1.54, 1.807) is 0 Å². The smallest absolute Gasteiger partial charge is 0.251 e. The van der Waals surface area contributed by atoms with Gasteiger partial charge in [0.1, 0.15) is 5.82 Å². The molecule has 142 valence electrons.